The fourth-order valence-corrected chi connectivity index (χ4v) is 18.7. The molecule has 4 heterocycles. The van der Waals surface area contributed by atoms with E-state index in [9.17, 15) is 0 Å². The largest absolute Gasteiger partial charge is 0.220 e. The molecule has 0 spiro atoms. The topological polar surface area (TPSA) is 15.5 Å². The van der Waals surface area contributed by atoms with E-state index in [1.165, 1.54) is 199 Å². The van der Waals surface area contributed by atoms with Crippen LogP contribution in [0, 0.1) is 46.9 Å². The number of benzene rings is 14. The molecule has 14 aromatic carbocycles. The summed E-state index contributed by atoms with van der Waals surface area (Å²) in [6, 6.07) is 101. The first-order valence-electron chi connectivity index (χ1n) is 41.3. The molecule has 4 heteroatoms. The Morgan fingerprint density at radius 3 is 1.10 bits per heavy atom. The Morgan fingerprint density at radius 2 is 0.649 bits per heavy atom. The number of para-hydroxylation sites is 1. The lowest BCUT2D eigenvalue weighted by molar-refractivity contribution is -0.660. The molecule has 0 atom stereocenters. The first kappa shape index (κ1) is 63.2. The van der Waals surface area contributed by atoms with Crippen LogP contribution in [-0.2, 0) is 34.6 Å². The maximum Gasteiger partial charge on any atom is 0.220 e. The van der Waals surface area contributed by atoms with Crippen molar-refractivity contribution in [1.82, 2.24) is 0 Å². The molecule has 0 bridgehead atoms. The molecule has 0 fully saturated rings. The molecule has 4 aliphatic carbocycles. The Kier molecular flexibility index (Phi) is 15.1. The Bertz CT molecular complexity index is 7260. The van der Waals surface area contributed by atoms with Crippen LogP contribution in [0.15, 0.2) is 298 Å². The third kappa shape index (κ3) is 11.2. The summed E-state index contributed by atoms with van der Waals surface area (Å²) in [6.07, 6.45) is 4.48. The summed E-state index contributed by atoms with van der Waals surface area (Å²) in [5.74, 6) is 0. The van der Waals surface area contributed by atoms with Gasteiger partial charge in [-0.15, -0.1) is 0 Å². The molecule has 18 aromatic rings. The van der Waals surface area contributed by atoms with Gasteiger partial charge >= 0.3 is 0 Å². The highest BCUT2D eigenvalue weighted by molar-refractivity contribution is 6.21. The lowest BCUT2D eigenvalue weighted by Gasteiger charge is -2.18. The Morgan fingerprint density at radius 1 is 0.288 bits per heavy atom. The summed E-state index contributed by atoms with van der Waals surface area (Å²) in [4.78, 5) is 0. The molecule has 111 heavy (non-hydrogen) atoms. The molecule has 4 aliphatic rings. The van der Waals surface area contributed by atoms with Crippen LogP contribution in [0.1, 0.15) is 66.6 Å². The van der Waals surface area contributed by atoms with Gasteiger partial charge in [0.05, 0.1) is 27.6 Å². The average Bonchev–Trinajstić information content (AvgIpc) is 1.57. The minimum atomic E-state index is -2.11. The van der Waals surface area contributed by atoms with Gasteiger partial charge in [0, 0.05) is 54.2 Å². The molecule has 0 saturated carbocycles. The summed E-state index contributed by atoms with van der Waals surface area (Å²) in [7, 11) is 8.29. The molecular weight excluding hydrogens is 1340 g/mol. The average molecular weight is 1440 g/mol. The smallest absolute Gasteiger partial charge is 0.201 e. The van der Waals surface area contributed by atoms with Gasteiger partial charge in [0.25, 0.3) is 0 Å². The van der Waals surface area contributed by atoms with Crippen molar-refractivity contribution in [3.63, 3.8) is 0 Å². The van der Waals surface area contributed by atoms with Crippen molar-refractivity contribution in [2.24, 2.45) is 33.6 Å². The summed E-state index contributed by atoms with van der Waals surface area (Å²) >= 11 is 0. The van der Waals surface area contributed by atoms with Crippen LogP contribution in [0.5, 0.6) is 0 Å². The molecule has 0 amide bonds. The zero-order chi connectivity index (χ0) is 80.3. The van der Waals surface area contributed by atoms with Crippen molar-refractivity contribution in [3.8, 4) is 134 Å². The predicted octanol–water partition coefficient (Wildman–Crippen LogP) is 25.7. The van der Waals surface area contributed by atoms with Gasteiger partial charge in [-0.1, -0.05) is 221 Å². The van der Waals surface area contributed by atoms with Gasteiger partial charge in [-0.05, 0) is 267 Å². The lowest BCUT2D eigenvalue weighted by Crippen LogP contribution is -2.32. The lowest BCUT2D eigenvalue weighted by atomic mass is 9.87. The van der Waals surface area contributed by atoms with Gasteiger partial charge in [0.15, 0.2) is 18.6 Å². The van der Waals surface area contributed by atoms with E-state index in [1.54, 1.807) is 6.20 Å². The normalized spacial score (nSPS) is 13.0. The highest BCUT2D eigenvalue weighted by Gasteiger charge is 2.32. The van der Waals surface area contributed by atoms with Crippen LogP contribution in [0.4, 0.5) is 0 Å². The van der Waals surface area contributed by atoms with E-state index in [1.807, 2.05) is 70.8 Å². The van der Waals surface area contributed by atoms with Crippen molar-refractivity contribution in [3.05, 3.63) is 337 Å². The summed E-state index contributed by atoms with van der Waals surface area (Å²) in [6.45, 7) is 14.5. The van der Waals surface area contributed by atoms with Crippen LogP contribution < -0.4 is 18.3 Å². The van der Waals surface area contributed by atoms with Gasteiger partial charge in [-0.2, -0.15) is 4.57 Å². The van der Waals surface area contributed by atoms with E-state index < -0.39 is 18.6 Å². The Hall–Kier alpha value is -12.8. The van der Waals surface area contributed by atoms with Crippen LogP contribution in [0.3, 0.4) is 0 Å². The molecule has 0 radical (unpaired) electrons. The fraction of sp³-hybridized carbons (Fsp3) is 0.140. The van der Waals surface area contributed by atoms with E-state index in [2.05, 4.69) is 323 Å². The van der Waals surface area contributed by atoms with E-state index in [0.29, 0.717) is 5.56 Å². The van der Waals surface area contributed by atoms with Crippen molar-refractivity contribution in [1.29, 1.82) is 0 Å². The molecule has 22 rings (SSSR count). The molecule has 0 unspecified atom stereocenters. The molecule has 0 saturated heterocycles. The monoisotopic (exact) mass is 1440 g/mol. The van der Waals surface area contributed by atoms with Crippen molar-refractivity contribution in [2.75, 3.05) is 0 Å². The number of aromatic nitrogens is 4. The van der Waals surface area contributed by atoms with E-state index in [0.717, 1.165) is 33.6 Å². The van der Waals surface area contributed by atoms with Gasteiger partial charge in [0.2, 0.25) is 28.3 Å². The van der Waals surface area contributed by atoms with Crippen LogP contribution >= 0.6 is 0 Å². The maximum absolute atomic E-state index is 8.77. The third-order valence-corrected chi connectivity index (χ3v) is 24.1. The van der Waals surface area contributed by atoms with Gasteiger partial charge in [-0.25, -0.2) is 13.7 Å². The molecule has 0 N–H and O–H groups in total. The SMILES string of the molecule is Cc1c(-c2c3ccccc3cc[n+]2C)cc2c3c(cccc13)-c1ccccc1-2.Cc1c(-c2ccc3ccccc3[n+]2C)cc2c3c(cccc13)-c1ccccc1-2.[2H]C([2H])([2H])c1c[n+](C)c(-c2cc3c4c(cccc4c2C)-c2ccccc2-3)cc1C.[2H]C([2H])(c1cc[n+](C)c(-c2cc3c4c(cccc4c2C)-c2ccccc2-3)c1)C(C)(C)C. The molecule has 0 aliphatic heterocycles. The second-order valence-corrected chi connectivity index (χ2v) is 31.8. The zero-order valence-corrected chi connectivity index (χ0v) is 65.1. The van der Waals surface area contributed by atoms with Crippen LogP contribution in [-0.4, -0.2) is 0 Å². The summed E-state index contributed by atoms with van der Waals surface area (Å²) in [5, 5.41) is 14.5. The predicted molar refractivity (Wildman–Crippen MR) is 467 cm³/mol. The first-order chi connectivity index (χ1) is 55.9. The molecule has 4 nitrogen and oxygen atoms in total. The number of rotatable bonds is 5. The summed E-state index contributed by atoms with van der Waals surface area (Å²) in [5.41, 5.74) is 38.4. The molecular formula is C107H90N4+4. The zero-order valence-electron chi connectivity index (χ0n) is 70.1. The van der Waals surface area contributed by atoms with Gasteiger partial charge < -0.3 is 0 Å². The number of pyridine rings is 4. The molecule has 4 aromatic heterocycles. The second-order valence-electron chi connectivity index (χ2n) is 31.8. The second kappa shape index (κ2) is 26.5. The Labute approximate surface area is 658 Å². The maximum atomic E-state index is 8.77. The standard InChI is InChI=1S/C28H28N.2C27H20N.C25H22N/c1-18-20-11-8-12-23-21-9-6-7-10-22(21)25(27(20)23)16-24(18)26-15-19(13-14-29(26)5)17-28(2,3)4;1-17-19-11-7-12-22-20-9-4-5-10-21(20)24(27(19)22)16-23(17)26-15-14-18-8-3-6-13-25(18)28(26)2;1-17-19-12-7-13-23-21-10-5-6-11-22(21)25(26(19)23)16-24(17)27-20-9-4-3-8-18(20)14-15-28(27)2;1-15-12-24(26(4)14-16(15)2)22-13-23-20-9-6-5-8-19(20)21-11-7-10-18(17(22)3)25(21)23/h6-16H,17H2,1-5H3;2*3-16H,1-2H3;5-14H,1-4H3/q4*+1/i17D2;;;2D3. The number of nitrogens with zero attached hydrogens (tertiary/aromatic N) is 4. The van der Waals surface area contributed by atoms with Crippen molar-refractivity contribution in [2.45, 2.75) is 68.6 Å². The quantitative estimate of drug-likeness (QED) is 0.153. The summed E-state index contributed by atoms with van der Waals surface area (Å²) < 4.78 is 49.6. The van der Waals surface area contributed by atoms with Crippen LogP contribution in [0.25, 0.3) is 199 Å². The highest BCUT2D eigenvalue weighted by atomic mass is 14.9. The van der Waals surface area contributed by atoms with E-state index in [4.69, 9.17) is 6.85 Å². The first-order valence-corrected chi connectivity index (χ1v) is 38.8. The number of fused-ring (bicyclic) bond motifs is 14. The minimum Gasteiger partial charge on any atom is -0.201 e. The van der Waals surface area contributed by atoms with Crippen molar-refractivity contribution >= 4 is 64.8 Å². The Balaban J connectivity index is 0.000000103. The highest BCUT2D eigenvalue weighted by Crippen LogP contribution is 2.55. The minimum absolute atomic E-state index is 0.402. The van der Waals surface area contributed by atoms with Crippen molar-refractivity contribution < 1.29 is 25.1 Å². The number of aryl methyl sites for hydroxylation is 10. The van der Waals surface area contributed by atoms with Crippen LogP contribution in [0.2, 0.25) is 0 Å². The fourth-order valence-electron chi connectivity index (χ4n) is 18.7. The van der Waals surface area contributed by atoms with E-state index in [-0.39, 0.29) is 0 Å². The van der Waals surface area contributed by atoms with Gasteiger partial charge in [0.1, 0.15) is 28.2 Å². The van der Waals surface area contributed by atoms with E-state index >= 15 is 0 Å². The van der Waals surface area contributed by atoms with Gasteiger partial charge in [-0.3, -0.25) is 0 Å². The third-order valence-electron chi connectivity index (χ3n) is 24.1. The molecule has 534 valence electrons. The number of hydrogen-bond acceptors (Lipinski definition) is 0. The number of hydrogen-bond donors (Lipinski definition) is 0.